The largest absolute Gasteiger partial charge is 0.494 e. The van der Waals surface area contributed by atoms with Crippen molar-refractivity contribution in [3.05, 3.63) is 69.9 Å². The van der Waals surface area contributed by atoms with Crippen molar-refractivity contribution in [3.63, 3.8) is 0 Å². The number of nitro benzene ring substituents is 1. The van der Waals surface area contributed by atoms with Crippen LogP contribution < -0.4 is 15.9 Å². The Morgan fingerprint density at radius 3 is 2.59 bits per heavy atom. The number of benzene rings is 2. The lowest BCUT2D eigenvalue weighted by atomic mass is 10.1. The fourth-order valence-electron chi connectivity index (χ4n) is 2.96. The van der Waals surface area contributed by atoms with E-state index in [0.29, 0.717) is 23.5 Å². The van der Waals surface area contributed by atoms with Gasteiger partial charge < -0.3 is 10.5 Å². The molecule has 4 rings (SSSR count). The number of nitro groups is 1. The molecule has 0 radical (unpaired) electrons. The monoisotopic (exact) mass is 463 g/mol. The number of ether oxygens (including phenoxy) is 1. The van der Waals surface area contributed by atoms with Gasteiger partial charge in [0.05, 0.1) is 17.7 Å². The zero-order chi connectivity index (χ0) is 24.1. The number of hydrogen-bond acceptors (Lipinski definition) is 11. The molecule has 2 heterocycles. The van der Waals surface area contributed by atoms with Gasteiger partial charge in [0, 0.05) is 17.7 Å². The number of anilines is 1. The Hall–Kier alpha value is -5.14. The van der Waals surface area contributed by atoms with Crippen molar-refractivity contribution in [1.29, 1.82) is 0 Å². The van der Waals surface area contributed by atoms with Crippen LogP contribution in [-0.2, 0) is 0 Å². The van der Waals surface area contributed by atoms with Crippen molar-refractivity contribution in [1.82, 2.24) is 30.7 Å². The Labute approximate surface area is 191 Å². The molecule has 0 saturated heterocycles. The molecule has 172 valence electrons. The molecule has 2 aromatic carbocycles. The topological polar surface area (TPSA) is 189 Å². The highest BCUT2D eigenvalue weighted by molar-refractivity contribution is 5.98. The third kappa shape index (κ3) is 4.55. The lowest BCUT2D eigenvalue weighted by molar-refractivity contribution is -0.384. The van der Waals surface area contributed by atoms with Gasteiger partial charge in [-0.05, 0) is 59.2 Å². The number of aromatic nitrogens is 5. The fourth-order valence-corrected chi connectivity index (χ4v) is 2.96. The first-order valence-electron chi connectivity index (χ1n) is 9.83. The molecule has 0 bridgehead atoms. The molecule has 3 N–H and O–H groups in total. The van der Waals surface area contributed by atoms with Gasteiger partial charge in [-0.1, -0.05) is 5.21 Å². The van der Waals surface area contributed by atoms with E-state index in [4.69, 9.17) is 10.5 Å². The fraction of sp³-hybridized carbons (Fsp3) is 0.100. The number of rotatable bonds is 8. The van der Waals surface area contributed by atoms with Crippen molar-refractivity contribution < 1.29 is 19.1 Å². The van der Waals surface area contributed by atoms with Gasteiger partial charge in [-0.15, -0.1) is 5.10 Å². The molecule has 0 fully saturated rings. The number of hydrazone groups is 1. The second-order valence-electron chi connectivity index (χ2n) is 6.68. The van der Waals surface area contributed by atoms with Gasteiger partial charge in [0.1, 0.15) is 11.4 Å². The van der Waals surface area contributed by atoms with Crippen LogP contribution in [0.1, 0.15) is 23.0 Å². The predicted octanol–water partition coefficient (Wildman–Crippen LogP) is 1.97. The molecule has 0 spiro atoms. The van der Waals surface area contributed by atoms with Crippen LogP contribution in [0.5, 0.6) is 5.75 Å². The highest BCUT2D eigenvalue weighted by Crippen LogP contribution is 2.28. The summed E-state index contributed by atoms with van der Waals surface area (Å²) in [4.78, 5) is 23.1. The SMILES string of the molecule is CCOc1ccc(-c2c(C(=O)N/N=C\c3ccc([N+](=O)[O-])cc3)nnn2-c2nonc2N)cc1. The average Bonchev–Trinajstić information content (AvgIpc) is 3.46. The summed E-state index contributed by atoms with van der Waals surface area (Å²) in [5.41, 5.74) is 9.43. The molecular weight excluding hydrogens is 446 g/mol. The van der Waals surface area contributed by atoms with Gasteiger partial charge in [-0.25, -0.2) is 10.1 Å². The first-order chi connectivity index (χ1) is 16.5. The number of hydrogen-bond donors (Lipinski definition) is 2. The summed E-state index contributed by atoms with van der Waals surface area (Å²) in [7, 11) is 0. The normalized spacial score (nSPS) is 11.0. The van der Waals surface area contributed by atoms with Gasteiger partial charge in [-0.3, -0.25) is 14.9 Å². The first kappa shape index (κ1) is 22.1. The molecule has 0 aliphatic heterocycles. The first-order valence-corrected chi connectivity index (χ1v) is 9.83. The maximum Gasteiger partial charge on any atom is 0.294 e. The molecule has 34 heavy (non-hydrogen) atoms. The van der Waals surface area contributed by atoms with Gasteiger partial charge >= 0.3 is 0 Å². The maximum absolute atomic E-state index is 12.9. The van der Waals surface area contributed by atoms with Crippen LogP contribution in [0.2, 0.25) is 0 Å². The summed E-state index contributed by atoms with van der Waals surface area (Å²) in [6.07, 6.45) is 1.34. The number of nitrogens with zero attached hydrogens (tertiary/aromatic N) is 7. The Morgan fingerprint density at radius 2 is 1.97 bits per heavy atom. The van der Waals surface area contributed by atoms with Crippen LogP contribution in [0.3, 0.4) is 0 Å². The average molecular weight is 463 g/mol. The quantitative estimate of drug-likeness (QED) is 0.222. The van der Waals surface area contributed by atoms with Crippen LogP contribution in [-0.4, -0.2) is 49.0 Å². The van der Waals surface area contributed by atoms with Crippen molar-refractivity contribution in [2.24, 2.45) is 5.10 Å². The summed E-state index contributed by atoms with van der Waals surface area (Å²) >= 11 is 0. The number of non-ortho nitro benzene ring substituents is 1. The van der Waals surface area contributed by atoms with Gasteiger partial charge in [0.15, 0.2) is 5.69 Å². The van der Waals surface area contributed by atoms with Crippen LogP contribution >= 0.6 is 0 Å². The van der Waals surface area contributed by atoms with E-state index in [0.717, 1.165) is 0 Å². The Morgan fingerprint density at radius 1 is 1.24 bits per heavy atom. The van der Waals surface area contributed by atoms with Gasteiger partial charge in [0.25, 0.3) is 11.6 Å². The predicted molar refractivity (Wildman–Crippen MR) is 118 cm³/mol. The molecule has 2 aromatic heterocycles. The van der Waals surface area contributed by atoms with Crippen molar-refractivity contribution in [3.8, 4) is 22.8 Å². The molecule has 0 atom stereocenters. The Balaban J connectivity index is 1.63. The van der Waals surface area contributed by atoms with E-state index >= 15 is 0 Å². The summed E-state index contributed by atoms with van der Waals surface area (Å²) < 4.78 is 11.3. The van der Waals surface area contributed by atoms with Crippen LogP contribution in [0.15, 0.2) is 58.3 Å². The second kappa shape index (κ2) is 9.56. The molecule has 0 aliphatic rings. The minimum atomic E-state index is -0.664. The van der Waals surface area contributed by atoms with Crippen LogP contribution in [0.4, 0.5) is 11.5 Å². The summed E-state index contributed by atoms with van der Waals surface area (Å²) in [5.74, 6) is -0.0000326. The summed E-state index contributed by atoms with van der Waals surface area (Å²) in [5, 5.41) is 29.9. The Bertz CT molecular complexity index is 1340. The molecule has 14 heteroatoms. The van der Waals surface area contributed by atoms with Crippen molar-refractivity contribution in [2.45, 2.75) is 6.92 Å². The van der Waals surface area contributed by atoms with Gasteiger partial charge in [0.2, 0.25) is 11.6 Å². The number of nitrogens with two attached hydrogens (primary N) is 1. The summed E-state index contributed by atoms with van der Waals surface area (Å²) in [6, 6.07) is 12.6. The Kier molecular flexibility index (Phi) is 6.20. The van der Waals surface area contributed by atoms with E-state index in [9.17, 15) is 14.9 Å². The molecule has 1 amide bonds. The minimum Gasteiger partial charge on any atom is -0.494 e. The number of amides is 1. The van der Waals surface area contributed by atoms with Crippen molar-refractivity contribution >= 4 is 23.6 Å². The lowest BCUT2D eigenvalue weighted by Crippen LogP contribution is -2.19. The van der Waals surface area contributed by atoms with Gasteiger partial charge in [-0.2, -0.15) is 9.78 Å². The third-order valence-corrected chi connectivity index (χ3v) is 4.50. The number of carbonyl (C=O) groups is 1. The molecule has 4 aromatic rings. The number of carbonyl (C=O) groups excluding carboxylic acids is 1. The van der Waals surface area contributed by atoms with Crippen molar-refractivity contribution in [2.75, 3.05) is 12.3 Å². The van der Waals surface area contributed by atoms with E-state index in [-0.39, 0.29) is 28.7 Å². The number of nitrogen functional groups attached to an aromatic ring is 1. The van der Waals surface area contributed by atoms with E-state index in [2.05, 4.69) is 35.8 Å². The van der Waals surface area contributed by atoms with Crippen LogP contribution in [0, 0.1) is 10.1 Å². The zero-order valence-electron chi connectivity index (χ0n) is 17.7. The molecule has 0 saturated carbocycles. The molecule has 0 unspecified atom stereocenters. The molecular formula is C20H17N9O5. The minimum absolute atomic E-state index is 0.0414. The summed E-state index contributed by atoms with van der Waals surface area (Å²) in [6.45, 7) is 2.37. The second-order valence-corrected chi connectivity index (χ2v) is 6.68. The molecule has 14 nitrogen and oxygen atoms in total. The van der Waals surface area contributed by atoms with E-state index in [1.54, 1.807) is 24.3 Å². The van der Waals surface area contributed by atoms with E-state index in [1.165, 1.54) is 35.2 Å². The third-order valence-electron chi connectivity index (χ3n) is 4.50. The standard InChI is InChI=1S/C20H17N9O5/c1-2-33-15-9-5-13(6-10-15)17-16(23-27-28(17)19-18(21)25-34-26-19)20(30)24-22-11-12-3-7-14(8-4-12)29(31)32/h3-11H,2H2,1H3,(H2,21,25)(H,24,30)/b22-11-. The van der Waals surface area contributed by atoms with E-state index in [1.807, 2.05) is 6.92 Å². The smallest absolute Gasteiger partial charge is 0.294 e. The molecule has 0 aliphatic carbocycles. The number of nitrogens with one attached hydrogen (secondary N) is 1. The lowest BCUT2D eigenvalue weighted by Gasteiger charge is -2.07. The van der Waals surface area contributed by atoms with E-state index < -0.39 is 10.8 Å². The maximum atomic E-state index is 12.9. The highest BCUT2D eigenvalue weighted by Gasteiger charge is 2.25. The van der Waals surface area contributed by atoms with Crippen LogP contribution in [0.25, 0.3) is 17.1 Å². The highest BCUT2D eigenvalue weighted by atomic mass is 16.6. The zero-order valence-corrected chi connectivity index (χ0v) is 17.7.